The molecule has 16 aromatic heterocycles. The average molecular weight is 2060 g/mol. The van der Waals surface area contributed by atoms with E-state index in [1.807, 2.05) is 14.1 Å². The van der Waals surface area contributed by atoms with Gasteiger partial charge in [-0.1, -0.05) is 211 Å². The van der Waals surface area contributed by atoms with Gasteiger partial charge in [-0.25, -0.2) is 39.9 Å². The van der Waals surface area contributed by atoms with Gasteiger partial charge >= 0.3 is 0 Å². The molecule has 16 heterocycles. The monoisotopic (exact) mass is 2060 g/mol. The van der Waals surface area contributed by atoms with Crippen molar-refractivity contribution in [1.29, 1.82) is 0 Å². The second-order valence-electron chi connectivity index (χ2n) is 30.1. The highest BCUT2D eigenvalue weighted by molar-refractivity contribution is 8.00. The van der Waals surface area contributed by atoms with Gasteiger partial charge in [0.05, 0.1) is 6.61 Å². The van der Waals surface area contributed by atoms with Crippen molar-refractivity contribution < 1.29 is 4.74 Å². The fourth-order valence-corrected chi connectivity index (χ4v) is 18.8. The summed E-state index contributed by atoms with van der Waals surface area (Å²) >= 11 is 12.4. The number of aryl methyl sites for hydroxylation is 7. The average Bonchev–Trinajstić information content (AvgIpc) is 1.64. The zero-order valence-electron chi connectivity index (χ0n) is 77.6. The molecule has 57 heteroatoms. The van der Waals surface area contributed by atoms with Crippen LogP contribution in [0.5, 0.6) is 0 Å². The molecule has 0 amide bonds. The zero-order chi connectivity index (χ0) is 101. The Morgan fingerprint density at radius 2 is 0.521 bits per heavy atom. The molecule has 0 aliphatic rings. The summed E-state index contributed by atoms with van der Waals surface area (Å²) < 4.78 is 12.0. The second kappa shape index (κ2) is 48.8. The highest BCUT2D eigenvalue weighted by atomic mass is 32.2. The van der Waals surface area contributed by atoms with E-state index in [0.717, 1.165) is 92.3 Å². The van der Waals surface area contributed by atoms with Gasteiger partial charge in [0.2, 0.25) is 47.6 Å². The topological polar surface area (TPSA) is 769 Å². The van der Waals surface area contributed by atoms with Crippen LogP contribution in [0.4, 0.5) is 47.6 Å². The first kappa shape index (κ1) is 105. The summed E-state index contributed by atoms with van der Waals surface area (Å²) in [6.07, 6.45) is 4.21. The molecule has 0 bridgehead atoms. The first-order chi connectivity index (χ1) is 67.1. The summed E-state index contributed by atoms with van der Waals surface area (Å²) in [4.78, 5) is 190. The highest BCUT2D eigenvalue weighted by Crippen LogP contribution is 2.29. The quantitative estimate of drug-likeness (QED) is 0.0188. The number of nitrogens with zero attached hydrogens (tertiary/aromatic N) is 20. The van der Waals surface area contributed by atoms with Crippen molar-refractivity contribution in [3.63, 3.8) is 0 Å². The Labute approximate surface area is 826 Å². The fraction of sp³-hybridized carbons (Fsp3) is 0.301. The minimum absolute atomic E-state index is 0.0671. The summed E-state index contributed by atoms with van der Waals surface area (Å²) in [7, 11) is 8.91. The van der Waals surface area contributed by atoms with Gasteiger partial charge in [0.25, 0.3) is 44.5 Å². The molecule has 49 nitrogen and oxygen atoms in total. The van der Waals surface area contributed by atoms with E-state index in [4.69, 9.17) is 50.6 Å². The van der Waals surface area contributed by atoms with Crippen LogP contribution >= 0.6 is 94.1 Å². The van der Waals surface area contributed by atoms with Gasteiger partial charge in [0.15, 0.2) is 131 Å². The number of ether oxygens (including phenoxy) is 1. The van der Waals surface area contributed by atoms with Crippen molar-refractivity contribution in [3.8, 4) is 0 Å². The van der Waals surface area contributed by atoms with Crippen molar-refractivity contribution in [3.05, 3.63) is 189 Å². The van der Waals surface area contributed by atoms with Crippen molar-refractivity contribution in [2.75, 3.05) is 88.4 Å². The first-order valence-electron chi connectivity index (χ1n) is 42.7. The molecule has 0 radical (unpaired) electrons. The number of hydrogen-bond donors (Lipinski definition) is 20. The van der Waals surface area contributed by atoms with E-state index in [2.05, 4.69) is 261 Å². The lowest BCUT2D eigenvalue weighted by Crippen LogP contribution is -2.13. The third kappa shape index (κ3) is 27.6. The Morgan fingerprint density at radius 1 is 0.271 bits per heavy atom. The molecule has 3 aromatic carbocycles. The number of aromatic amines is 12. The molecule has 28 N–H and O–H groups in total. The second-order valence-corrected chi connectivity index (χ2v) is 38.4. The van der Waals surface area contributed by atoms with Gasteiger partial charge in [0, 0.05) is 81.3 Å². The Morgan fingerprint density at radius 3 is 0.836 bits per heavy atom. The maximum absolute atomic E-state index is 11.9. The number of aromatic nitrogens is 32. The van der Waals surface area contributed by atoms with Gasteiger partial charge in [-0.15, -0.1) is 0 Å². The third-order valence-corrected chi connectivity index (χ3v) is 27.7. The van der Waals surface area contributed by atoms with Gasteiger partial charge in [-0.2, -0.15) is 39.9 Å². The number of nitrogens with one attached hydrogen (secondary N) is 12. The number of thioether (sulfide) groups is 8. The lowest BCUT2D eigenvalue weighted by atomic mass is 10.2. The van der Waals surface area contributed by atoms with Crippen molar-refractivity contribution in [1.82, 2.24) is 158 Å². The van der Waals surface area contributed by atoms with Crippen LogP contribution in [0.3, 0.4) is 0 Å². The van der Waals surface area contributed by atoms with E-state index >= 15 is 0 Å². The lowest BCUT2D eigenvalue weighted by molar-refractivity contribution is 0.218. The normalized spacial score (nSPS) is 11.1. The Bertz CT molecular complexity index is 7900. The smallest absolute Gasteiger partial charge is 0.280 e. The van der Waals surface area contributed by atoms with E-state index in [0.29, 0.717) is 117 Å². The van der Waals surface area contributed by atoms with Crippen LogP contribution in [-0.4, -0.2) is 200 Å². The van der Waals surface area contributed by atoms with E-state index in [-0.39, 0.29) is 92.1 Å². The molecule has 0 fully saturated rings. The van der Waals surface area contributed by atoms with Gasteiger partial charge in [-0.05, 0) is 63.1 Å². The number of hydrogen-bond acceptors (Lipinski definition) is 41. The van der Waals surface area contributed by atoms with E-state index < -0.39 is 0 Å². The molecule has 0 spiro atoms. The molecule has 19 rings (SSSR count). The summed E-state index contributed by atoms with van der Waals surface area (Å²) in [5.41, 5.74) is 55.0. The third-order valence-electron chi connectivity index (χ3n) is 19.0. The Kier molecular flexibility index (Phi) is 36.4. The van der Waals surface area contributed by atoms with E-state index in [1.54, 1.807) is 110 Å². The summed E-state index contributed by atoms with van der Waals surface area (Å²) in [5, 5.41) is 5.77. The number of imidazole rings is 8. The molecule has 0 aliphatic carbocycles. The zero-order valence-corrected chi connectivity index (χ0v) is 84.2. The maximum Gasteiger partial charge on any atom is 0.280 e. The van der Waals surface area contributed by atoms with E-state index in [1.165, 1.54) is 56.9 Å². The fourth-order valence-electron chi connectivity index (χ4n) is 12.3. The predicted octanol–water partition coefficient (Wildman–Crippen LogP) is 8.42. The molecule has 736 valence electrons. The highest BCUT2D eigenvalue weighted by Gasteiger charge is 2.21. The number of nitrogen functional groups attached to an aromatic ring is 8. The predicted molar refractivity (Wildman–Crippen MR) is 559 cm³/mol. The largest absolute Gasteiger partial charge is 0.384 e. The molecule has 140 heavy (non-hydrogen) atoms. The van der Waals surface area contributed by atoms with Crippen LogP contribution in [-0.2, 0) is 50.2 Å². The number of fused-ring (bicyclic) bond motifs is 8. The van der Waals surface area contributed by atoms with Crippen LogP contribution in [0.1, 0.15) is 86.8 Å². The van der Waals surface area contributed by atoms with Crippen LogP contribution in [0.15, 0.2) is 152 Å². The summed E-state index contributed by atoms with van der Waals surface area (Å²) in [6.45, 7) is 15.1. The minimum Gasteiger partial charge on any atom is -0.384 e. The Balaban J connectivity index is 0.000000144. The maximum atomic E-state index is 11.9. The van der Waals surface area contributed by atoms with E-state index in [9.17, 15) is 38.4 Å². The lowest BCUT2D eigenvalue weighted by Gasteiger charge is -2.02. The first-order valence-corrected chi connectivity index (χ1v) is 50.6. The van der Waals surface area contributed by atoms with Crippen LogP contribution in [0.2, 0.25) is 0 Å². The van der Waals surface area contributed by atoms with Crippen LogP contribution in [0.25, 0.3) is 89.3 Å². The number of nitrogens with two attached hydrogens (primary N) is 8. The van der Waals surface area contributed by atoms with Crippen molar-refractivity contribution in [2.24, 2.45) is 28.2 Å². The van der Waals surface area contributed by atoms with Crippen LogP contribution in [0, 0.1) is 20.8 Å². The molecule has 19 aromatic rings. The number of H-pyrrole nitrogens is 12. The molecule has 0 unspecified atom stereocenters. The van der Waals surface area contributed by atoms with Crippen molar-refractivity contribution >= 4 is 231 Å². The van der Waals surface area contributed by atoms with Gasteiger partial charge in [0.1, 0.15) is 0 Å². The molecular weight excluding hydrogens is 1960 g/mol. The molecule has 0 saturated heterocycles. The van der Waals surface area contributed by atoms with Crippen molar-refractivity contribution in [2.45, 2.75) is 133 Å². The number of rotatable bonds is 25. The standard InChI is InChI=1S/2C14H15N5OS.C13H13N5OS.2C9H13N5OS.C8H11N5O2S.2C8H11N5OS/c1-8-3-5-9(6-4-8)7-21-14-17-11-10(19(14)2)12(20)18-13(15)16-11;1-8-3-5-9(6-4-8)7-21-14-16-10-11(19(14)2)17-13(15)18-12(10)20;1-7-2-4-8(5-3-7)6-20-13-15-9-10(17-13)16-12(14)18-11(9)19;1-3-4-16-9-12-6-5(14(9)2)7(15)13-8(10)11-6;1-3-4-16-9-11-5-6(14(9)2)12-8(10)13-7(5)15;1-15-2-3-16-8-10-4-5(12-8)11-7(9)13-6(4)14;2*1-2-3-15-8-10-4-5(12-8)11-7(9)13-6(4)14/h3-6H,7H2,1-2H3,(H3,15,16,18,20);3-6H,7H2,1-2H3,(H3,15,17,18,20);2-5H,6H2,1H3,(H4,14,15,16,17,18,19);3-4H2,1-2H3,(H3,10,11,13,15);3-4H2,1-2H3,(H3,10,12,13,15);2-3H2,1H3,(H4,9,10,11,12,13,14);2*2-3H2,1H3,(H4,9,10,11,12,13,14). The van der Waals surface area contributed by atoms with Crippen LogP contribution < -0.4 is 90.3 Å². The Hall–Kier alpha value is -14.4. The summed E-state index contributed by atoms with van der Waals surface area (Å²) in [5.74, 6) is 7.64. The number of benzene rings is 3. The minimum atomic E-state index is -0.311. The number of methoxy groups -OCH3 is 1. The SMILES string of the molecule is CCCSc1nc2c(=O)[nH]c(N)nc2n1C.CCCSc1nc2nc(N)[nH]c(=O)c2[nH]1.CCCSc1nc2nc(N)[nH]c(=O)c2[nH]1.CCCSc1nc2nc(N)[nH]c(=O)c2n1C.COCCSc1nc2nc(N)[nH]c(=O)c2[nH]1.Cc1ccc(CSc2nc3c(=O)[nH]c(N)nc3n2C)cc1.Cc1ccc(CSc2nc3nc(N)[nH]c(=O)c3[nH]2)cc1.Cc1ccc(CSc2nc3nc(N)[nH]c(=O)c3n2C)cc1. The molecule has 0 atom stereocenters. The summed E-state index contributed by atoms with van der Waals surface area (Å²) in [6, 6.07) is 25.0. The molecule has 0 aliphatic heterocycles. The molecular formula is C83H102N40O9S8. The van der Waals surface area contributed by atoms with Gasteiger partial charge in [-0.3, -0.25) is 78.2 Å². The van der Waals surface area contributed by atoms with Gasteiger partial charge < -0.3 is 88.8 Å². The molecule has 0 saturated carbocycles. The number of anilines is 8.